The molecule has 2 aromatic carbocycles. The molecule has 0 saturated carbocycles. The number of quaternary nitrogens is 1. The van der Waals surface area contributed by atoms with Crippen molar-refractivity contribution in [3.8, 4) is 0 Å². The zero-order valence-electron chi connectivity index (χ0n) is 10.1. The lowest BCUT2D eigenvalue weighted by molar-refractivity contribution is -0.392. The molecule has 18 heavy (non-hydrogen) atoms. The molecule has 0 aliphatic carbocycles. The maximum Gasteiger partial charge on any atom is 0.190 e. The van der Waals surface area contributed by atoms with E-state index in [2.05, 4.69) is 5.73 Å². The molecular formula is C14H15FNOS+. The summed E-state index contributed by atoms with van der Waals surface area (Å²) in [5, 5.41) is -0.395. The minimum atomic E-state index is -1.23. The first-order valence-corrected chi connectivity index (χ1v) is 6.85. The van der Waals surface area contributed by atoms with Crippen molar-refractivity contribution in [2.24, 2.45) is 0 Å². The summed E-state index contributed by atoms with van der Waals surface area (Å²) < 4.78 is 25.1. The van der Waals surface area contributed by atoms with E-state index in [0.29, 0.717) is 0 Å². The highest BCUT2D eigenvalue weighted by Crippen LogP contribution is 2.19. The fourth-order valence-corrected chi connectivity index (χ4v) is 2.77. The molecule has 2 rings (SSSR count). The van der Waals surface area contributed by atoms with Crippen molar-refractivity contribution in [2.45, 2.75) is 17.2 Å². The summed E-state index contributed by atoms with van der Waals surface area (Å²) in [4.78, 5) is 0.741. The van der Waals surface area contributed by atoms with Gasteiger partial charge in [0.1, 0.15) is 16.6 Å². The van der Waals surface area contributed by atoms with Crippen LogP contribution in [0.3, 0.4) is 0 Å². The Hall–Kier alpha value is -1.52. The van der Waals surface area contributed by atoms with Gasteiger partial charge >= 0.3 is 0 Å². The Morgan fingerprint density at radius 3 is 2.17 bits per heavy atom. The molecule has 2 aromatic rings. The average Bonchev–Trinajstić information content (AvgIpc) is 2.39. The molecule has 0 fully saturated rings. The van der Waals surface area contributed by atoms with Crippen molar-refractivity contribution in [2.75, 3.05) is 0 Å². The van der Waals surface area contributed by atoms with Gasteiger partial charge in [-0.3, -0.25) is 0 Å². The van der Waals surface area contributed by atoms with Crippen LogP contribution in [-0.2, 0) is 10.8 Å². The van der Waals surface area contributed by atoms with E-state index in [-0.39, 0.29) is 5.82 Å². The van der Waals surface area contributed by atoms with Gasteiger partial charge in [-0.05, 0) is 43.3 Å². The summed E-state index contributed by atoms with van der Waals surface area (Å²) >= 11 is 0. The topological polar surface area (TPSA) is 44.7 Å². The van der Waals surface area contributed by atoms with E-state index in [4.69, 9.17) is 0 Å². The SMILES string of the molecule is Cc1ccc(S(=O)C([NH3+])c2ccc(F)cc2)cc1. The zero-order valence-corrected chi connectivity index (χ0v) is 10.9. The van der Waals surface area contributed by atoms with E-state index >= 15 is 0 Å². The van der Waals surface area contributed by atoms with Crippen molar-refractivity contribution < 1.29 is 14.3 Å². The molecule has 0 aliphatic rings. The van der Waals surface area contributed by atoms with Gasteiger partial charge < -0.3 is 5.73 Å². The Morgan fingerprint density at radius 1 is 1.06 bits per heavy atom. The lowest BCUT2D eigenvalue weighted by Gasteiger charge is -2.09. The molecule has 0 spiro atoms. The number of halogens is 1. The molecule has 2 nitrogen and oxygen atoms in total. The van der Waals surface area contributed by atoms with E-state index in [0.717, 1.165) is 16.0 Å². The van der Waals surface area contributed by atoms with Gasteiger partial charge in [0.2, 0.25) is 0 Å². The third-order valence-electron chi connectivity index (χ3n) is 2.75. The summed E-state index contributed by atoms with van der Waals surface area (Å²) in [6, 6.07) is 13.5. The maximum atomic E-state index is 12.8. The molecule has 2 unspecified atom stereocenters. The molecule has 4 heteroatoms. The number of aryl methyl sites for hydroxylation is 1. The lowest BCUT2D eigenvalue weighted by atomic mass is 10.2. The van der Waals surface area contributed by atoms with Gasteiger partial charge in [-0.15, -0.1) is 0 Å². The molecule has 0 aliphatic heterocycles. The second-order valence-corrected chi connectivity index (χ2v) is 5.79. The van der Waals surface area contributed by atoms with Gasteiger partial charge in [0.25, 0.3) is 0 Å². The van der Waals surface area contributed by atoms with E-state index < -0.39 is 16.2 Å². The van der Waals surface area contributed by atoms with E-state index in [1.165, 1.54) is 12.1 Å². The van der Waals surface area contributed by atoms with Gasteiger partial charge in [0.05, 0.1) is 0 Å². The largest absolute Gasteiger partial charge is 0.340 e. The first-order chi connectivity index (χ1) is 8.58. The Kier molecular flexibility index (Phi) is 3.89. The van der Waals surface area contributed by atoms with E-state index in [1.54, 1.807) is 12.1 Å². The van der Waals surface area contributed by atoms with Crippen LogP contribution in [-0.4, -0.2) is 4.21 Å². The first kappa shape index (κ1) is 12.9. The van der Waals surface area contributed by atoms with Crippen LogP contribution in [0.4, 0.5) is 4.39 Å². The van der Waals surface area contributed by atoms with Crippen molar-refractivity contribution in [3.05, 3.63) is 65.5 Å². The molecule has 94 valence electrons. The summed E-state index contributed by atoms with van der Waals surface area (Å²) in [6.07, 6.45) is 0. The van der Waals surface area contributed by atoms with Crippen LogP contribution in [0.15, 0.2) is 53.4 Å². The number of hydrogen-bond acceptors (Lipinski definition) is 1. The Balaban J connectivity index is 2.23. The van der Waals surface area contributed by atoms with Crippen LogP contribution in [0.25, 0.3) is 0 Å². The molecule has 0 aromatic heterocycles. The van der Waals surface area contributed by atoms with Gasteiger partial charge in [-0.2, -0.15) is 0 Å². The standard InChI is InChI=1S/C14H14FNOS/c1-10-2-8-13(9-3-10)18(17)14(16)11-4-6-12(15)7-5-11/h2-9,14H,16H2,1H3/p+1. The normalized spacial score (nSPS) is 14.2. The summed E-state index contributed by atoms with van der Waals surface area (Å²) in [6.45, 7) is 1.98. The Morgan fingerprint density at radius 2 is 1.61 bits per heavy atom. The average molecular weight is 264 g/mol. The van der Waals surface area contributed by atoms with Crippen LogP contribution in [0.2, 0.25) is 0 Å². The summed E-state index contributed by atoms with van der Waals surface area (Å²) in [5.74, 6) is -0.299. The second-order valence-electron chi connectivity index (χ2n) is 4.15. The maximum absolute atomic E-state index is 12.8. The number of rotatable bonds is 3. The van der Waals surface area contributed by atoms with Crippen LogP contribution in [0.5, 0.6) is 0 Å². The number of hydrogen-bond donors (Lipinski definition) is 1. The minimum Gasteiger partial charge on any atom is -0.340 e. The molecule has 3 N–H and O–H groups in total. The van der Waals surface area contributed by atoms with E-state index in [9.17, 15) is 8.60 Å². The fraction of sp³-hybridized carbons (Fsp3) is 0.143. The highest BCUT2D eigenvalue weighted by molar-refractivity contribution is 7.85. The molecule has 0 amide bonds. The van der Waals surface area contributed by atoms with Gasteiger partial charge in [0.15, 0.2) is 5.37 Å². The fourth-order valence-electron chi connectivity index (χ4n) is 1.64. The second kappa shape index (κ2) is 5.42. The van der Waals surface area contributed by atoms with Crippen LogP contribution in [0, 0.1) is 12.7 Å². The molecular weight excluding hydrogens is 249 g/mol. The third-order valence-corrected chi connectivity index (χ3v) is 4.28. The highest BCUT2D eigenvalue weighted by Gasteiger charge is 2.19. The molecule has 0 saturated heterocycles. The highest BCUT2D eigenvalue weighted by atomic mass is 32.2. The van der Waals surface area contributed by atoms with Crippen LogP contribution < -0.4 is 5.73 Å². The predicted octanol–water partition coefficient (Wildman–Crippen LogP) is 2.18. The lowest BCUT2D eigenvalue weighted by Crippen LogP contribution is -2.55. The van der Waals surface area contributed by atoms with Crippen molar-refractivity contribution in [1.82, 2.24) is 0 Å². The predicted molar refractivity (Wildman–Crippen MR) is 69.6 cm³/mol. The van der Waals surface area contributed by atoms with Crippen molar-refractivity contribution in [1.29, 1.82) is 0 Å². The van der Waals surface area contributed by atoms with Crippen molar-refractivity contribution in [3.63, 3.8) is 0 Å². The smallest absolute Gasteiger partial charge is 0.190 e. The quantitative estimate of drug-likeness (QED) is 0.907. The Bertz CT molecular complexity index is 551. The summed E-state index contributed by atoms with van der Waals surface area (Å²) in [5.41, 5.74) is 5.81. The summed E-state index contributed by atoms with van der Waals surface area (Å²) in [7, 11) is -1.23. The van der Waals surface area contributed by atoms with Gasteiger partial charge in [0, 0.05) is 10.5 Å². The van der Waals surface area contributed by atoms with Crippen LogP contribution in [0.1, 0.15) is 16.5 Å². The monoisotopic (exact) mass is 264 g/mol. The van der Waals surface area contributed by atoms with E-state index in [1.807, 2.05) is 31.2 Å². The van der Waals surface area contributed by atoms with Crippen LogP contribution >= 0.6 is 0 Å². The molecule has 2 atom stereocenters. The minimum absolute atomic E-state index is 0.299. The molecule has 0 radical (unpaired) electrons. The Labute approximate surface area is 108 Å². The number of benzene rings is 2. The first-order valence-electron chi connectivity index (χ1n) is 5.64. The van der Waals surface area contributed by atoms with Crippen molar-refractivity contribution >= 4 is 10.8 Å². The zero-order chi connectivity index (χ0) is 13.1. The molecule has 0 bridgehead atoms. The third kappa shape index (κ3) is 2.83. The van der Waals surface area contributed by atoms with Gasteiger partial charge in [-0.25, -0.2) is 8.60 Å². The molecule has 0 heterocycles. The van der Waals surface area contributed by atoms with Gasteiger partial charge in [-0.1, -0.05) is 17.7 Å².